The first-order valence-electron chi connectivity index (χ1n) is 4.55. The van der Waals surface area contributed by atoms with Crippen LogP contribution in [0.4, 0.5) is 5.69 Å². The molecule has 0 radical (unpaired) electrons. The third kappa shape index (κ3) is 2.61. The molecule has 0 bridgehead atoms. The number of hydrogen-bond acceptors (Lipinski definition) is 2. The molecule has 1 unspecified atom stereocenters. The highest BCUT2D eigenvalue weighted by molar-refractivity contribution is 14.1. The van der Waals surface area contributed by atoms with Crippen molar-refractivity contribution in [1.29, 1.82) is 0 Å². The molecule has 4 heteroatoms. The van der Waals surface area contributed by atoms with E-state index in [1.807, 2.05) is 0 Å². The van der Waals surface area contributed by atoms with E-state index in [-0.39, 0.29) is 0 Å². The number of benzene rings is 1. The summed E-state index contributed by atoms with van der Waals surface area (Å²) in [7, 11) is 0. The molecule has 2 rings (SSSR count). The molecule has 1 fully saturated rings. The van der Waals surface area contributed by atoms with E-state index in [0.717, 1.165) is 29.8 Å². The predicted molar refractivity (Wildman–Crippen MR) is 69.7 cm³/mol. The fourth-order valence-electron chi connectivity index (χ4n) is 1.47. The van der Waals surface area contributed by atoms with Crippen LogP contribution in [0, 0.1) is 3.57 Å². The summed E-state index contributed by atoms with van der Waals surface area (Å²) < 4.78 is 7.67. The van der Waals surface area contributed by atoms with Crippen LogP contribution in [0.5, 0.6) is 0 Å². The minimum absolute atomic E-state index is 0.464. The molecule has 0 aliphatic carbocycles. The van der Waals surface area contributed by atoms with Crippen LogP contribution < -0.4 is 5.32 Å². The van der Waals surface area contributed by atoms with Crippen molar-refractivity contribution >= 4 is 44.2 Å². The lowest BCUT2D eigenvalue weighted by Crippen LogP contribution is -2.19. The highest BCUT2D eigenvalue weighted by Crippen LogP contribution is 2.26. The van der Waals surface area contributed by atoms with Gasteiger partial charge in [-0.25, -0.2) is 0 Å². The Morgan fingerprint density at radius 3 is 3.00 bits per heavy atom. The van der Waals surface area contributed by atoms with Crippen LogP contribution in [0.25, 0.3) is 0 Å². The molecule has 0 amide bonds. The molecule has 1 aromatic rings. The molecule has 1 N–H and O–H groups in total. The van der Waals surface area contributed by atoms with Crippen LogP contribution >= 0.6 is 38.5 Å². The minimum Gasteiger partial charge on any atom is -0.379 e. The van der Waals surface area contributed by atoms with Gasteiger partial charge in [-0.1, -0.05) is 0 Å². The van der Waals surface area contributed by atoms with Gasteiger partial charge in [0.05, 0.1) is 12.6 Å². The van der Waals surface area contributed by atoms with E-state index in [1.165, 1.54) is 3.57 Å². The molecule has 76 valence electrons. The lowest BCUT2D eigenvalue weighted by atomic mass is 10.2. The lowest BCUT2D eigenvalue weighted by molar-refractivity contribution is 0.195. The van der Waals surface area contributed by atoms with E-state index < -0.39 is 0 Å². The summed E-state index contributed by atoms with van der Waals surface area (Å²) in [5.74, 6) is 0. The van der Waals surface area contributed by atoms with E-state index in [2.05, 4.69) is 62.0 Å². The zero-order valence-electron chi connectivity index (χ0n) is 7.59. The van der Waals surface area contributed by atoms with Crippen molar-refractivity contribution in [2.75, 3.05) is 18.5 Å². The Labute approximate surface area is 106 Å². The normalized spacial score (nSPS) is 21.1. The van der Waals surface area contributed by atoms with E-state index in [9.17, 15) is 0 Å². The summed E-state index contributed by atoms with van der Waals surface area (Å²) in [6, 6.07) is 6.78. The molecule has 0 aromatic heterocycles. The van der Waals surface area contributed by atoms with Gasteiger partial charge in [-0.2, -0.15) is 0 Å². The Bertz CT molecular complexity index is 326. The average molecular weight is 368 g/mol. The molecule has 14 heavy (non-hydrogen) atoms. The molecule has 1 aromatic carbocycles. The van der Waals surface area contributed by atoms with Crippen molar-refractivity contribution in [3.63, 3.8) is 0 Å². The summed E-state index contributed by atoms with van der Waals surface area (Å²) >= 11 is 5.85. The van der Waals surface area contributed by atoms with Crippen LogP contribution in [0.1, 0.15) is 6.42 Å². The van der Waals surface area contributed by atoms with Crippen LogP contribution in [-0.4, -0.2) is 19.3 Å². The molecule has 1 aliphatic rings. The second-order valence-electron chi connectivity index (χ2n) is 3.33. The first-order valence-corrected chi connectivity index (χ1v) is 6.42. The second kappa shape index (κ2) is 4.81. The van der Waals surface area contributed by atoms with E-state index in [4.69, 9.17) is 4.74 Å². The number of hydrogen-bond donors (Lipinski definition) is 1. The zero-order valence-corrected chi connectivity index (χ0v) is 11.3. The van der Waals surface area contributed by atoms with Crippen molar-refractivity contribution in [2.24, 2.45) is 0 Å². The average Bonchev–Trinajstić information content (AvgIpc) is 2.62. The highest BCUT2D eigenvalue weighted by Gasteiger charge is 2.15. The first-order chi connectivity index (χ1) is 6.75. The van der Waals surface area contributed by atoms with Crippen LogP contribution in [0.3, 0.4) is 0 Å². The van der Waals surface area contributed by atoms with Crippen molar-refractivity contribution in [3.8, 4) is 0 Å². The van der Waals surface area contributed by atoms with Gasteiger partial charge >= 0.3 is 0 Å². The van der Waals surface area contributed by atoms with Crippen molar-refractivity contribution in [3.05, 3.63) is 26.2 Å². The van der Waals surface area contributed by atoms with Crippen LogP contribution in [0.2, 0.25) is 0 Å². The summed E-state index contributed by atoms with van der Waals surface area (Å²) in [5.41, 5.74) is 1.15. The third-order valence-corrected chi connectivity index (χ3v) is 3.55. The number of halogens is 2. The number of ether oxygens (including phenoxy) is 1. The topological polar surface area (TPSA) is 21.3 Å². The Morgan fingerprint density at radius 2 is 2.36 bits per heavy atom. The van der Waals surface area contributed by atoms with Gasteiger partial charge in [-0.3, -0.25) is 0 Å². The molecule has 2 nitrogen and oxygen atoms in total. The molecular formula is C10H11BrINO. The van der Waals surface area contributed by atoms with Gasteiger partial charge in [0.2, 0.25) is 0 Å². The van der Waals surface area contributed by atoms with E-state index in [1.54, 1.807) is 0 Å². The third-order valence-electron chi connectivity index (χ3n) is 2.22. The quantitative estimate of drug-likeness (QED) is 0.810. The monoisotopic (exact) mass is 367 g/mol. The van der Waals surface area contributed by atoms with Gasteiger partial charge in [0.15, 0.2) is 0 Å². The Balaban J connectivity index is 2.08. The number of anilines is 1. The second-order valence-corrected chi connectivity index (χ2v) is 5.43. The maximum Gasteiger partial charge on any atom is 0.0668 e. The number of nitrogens with one attached hydrogen (secondary N) is 1. The van der Waals surface area contributed by atoms with Gasteiger partial charge in [0, 0.05) is 20.3 Å². The highest BCUT2D eigenvalue weighted by atomic mass is 127. The van der Waals surface area contributed by atoms with Gasteiger partial charge in [0.25, 0.3) is 0 Å². The molecule has 1 saturated heterocycles. The SMILES string of the molecule is Brc1cc(I)ccc1NC1CCOC1. The molecular weight excluding hydrogens is 357 g/mol. The largest absolute Gasteiger partial charge is 0.379 e. The van der Waals surface area contributed by atoms with Gasteiger partial charge in [-0.15, -0.1) is 0 Å². The van der Waals surface area contributed by atoms with Crippen LogP contribution in [0.15, 0.2) is 22.7 Å². The Hall–Kier alpha value is 0.190. The smallest absolute Gasteiger partial charge is 0.0668 e. The van der Waals surface area contributed by atoms with Crippen molar-refractivity contribution in [2.45, 2.75) is 12.5 Å². The van der Waals surface area contributed by atoms with Gasteiger partial charge in [-0.05, 0) is 63.1 Å². The van der Waals surface area contributed by atoms with Crippen molar-refractivity contribution < 1.29 is 4.74 Å². The fraction of sp³-hybridized carbons (Fsp3) is 0.400. The summed E-state index contributed by atoms with van der Waals surface area (Å²) in [6.45, 7) is 1.69. The maximum absolute atomic E-state index is 5.31. The summed E-state index contributed by atoms with van der Waals surface area (Å²) in [6.07, 6.45) is 1.10. The molecule has 0 spiro atoms. The number of rotatable bonds is 2. The molecule has 1 atom stereocenters. The van der Waals surface area contributed by atoms with Crippen LogP contribution in [-0.2, 0) is 4.74 Å². The first kappa shape index (κ1) is 10.7. The predicted octanol–water partition coefficient (Wildman–Crippen LogP) is 3.25. The van der Waals surface area contributed by atoms with Crippen molar-refractivity contribution in [1.82, 2.24) is 0 Å². The van der Waals surface area contributed by atoms with Gasteiger partial charge < -0.3 is 10.1 Å². The minimum atomic E-state index is 0.464. The van der Waals surface area contributed by atoms with Gasteiger partial charge in [0.1, 0.15) is 0 Å². The Kier molecular flexibility index (Phi) is 3.67. The lowest BCUT2D eigenvalue weighted by Gasteiger charge is -2.13. The summed E-state index contributed by atoms with van der Waals surface area (Å²) in [4.78, 5) is 0. The van der Waals surface area contributed by atoms with E-state index in [0.29, 0.717) is 6.04 Å². The standard InChI is InChI=1S/C10H11BrINO/c11-9-5-7(12)1-2-10(9)13-8-3-4-14-6-8/h1-2,5,8,13H,3-4,6H2. The molecule has 1 heterocycles. The molecule has 0 saturated carbocycles. The molecule has 1 aliphatic heterocycles. The summed E-state index contributed by atoms with van der Waals surface area (Å²) in [5, 5.41) is 3.46. The van der Waals surface area contributed by atoms with E-state index >= 15 is 0 Å². The maximum atomic E-state index is 5.31. The fourth-order valence-corrected chi connectivity index (χ4v) is 2.89. The zero-order chi connectivity index (χ0) is 9.97. The Morgan fingerprint density at radius 1 is 1.50 bits per heavy atom.